The molecular weight excluding hydrogens is 529 g/mol. The van der Waals surface area contributed by atoms with Crippen molar-refractivity contribution in [1.82, 2.24) is 19.3 Å². The lowest BCUT2D eigenvalue weighted by molar-refractivity contribution is -0.143. The Morgan fingerprint density at radius 1 is 1.21 bits per heavy atom. The molecule has 200 valence electrons. The molecule has 1 saturated heterocycles. The van der Waals surface area contributed by atoms with Gasteiger partial charge in [-0.3, -0.25) is 14.5 Å². The molecule has 5 rings (SSSR count). The number of fused-ring (bicyclic) bond motifs is 3. The Balaban J connectivity index is 1.49. The Kier molecular flexibility index (Phi) is 6.13. The van der Waals surface area contributed by atoms with Crippen LogP contribution in [-0.4, -0.2) is 54.7 Å². The minimum absolute atomic E-state index is 0.0713. The van der Waals surface area contributed by atoms with E-state index in [1.54, 1.807) is 6.07 Å². The van der Waals surface area contributed by atoms with Crippen molar-refractivity contribution in [2.24, 2.45) is 0 Å². The lowest BCUT2D eigenvalue weighted by atomic mass is 9.98. The number of nitrogen functional groups attached to an aromatic ring is 1. The van der Waals surface area contributed by atoms with Gasteiger partial charge in [-0.15, -0.1) is 0 Å². The van der Waals surface area contributed by atoms with Crippen molar-refractivity contribution in [1.29, 1.82) is 0 Å². The van der Waals surface area contributed by atoms with Gasteiger partial charge >= 0.3 is 6.18 Å². The van der Waals surface area contributed by atoms with Crippen molar-refractivity contribution < 1.29 is 32.9 Å². The molecule has 1 fully saturated rings. The van der Waals surface area contributed by atoms with Gasteiger partial charge in [0.1, 0.15) is 29.2 Å². The molecule has 38 heavy (non-hydrogen) atoms. The number of nitrogens with two attached hydrogens (primary N) is 1. The molecule has 0 aliphatic carbocycles. The van der Waals surface area contributed by atoms with Gasteiger partial charge in [-0.05, 0) is 49.6 Å². The third-order valence-electron chi connectivity index (χ3n) is 6.09. The number of rotatable bonds is 4. The number of H-pyrrole nitrogens is 1. The van der Waals surface area contributed by atoms with Crippen LogP contribution in [0.5, 0.6) is 0 Å². The number of halogens is 3. The van der Waals surface area contributed by atoms with Gasteiger partial charge in [0.15, 0.2) is 6.10 Å². The number of amides is 1. The summed E-state index contributed by atoms with van der Waals surface area (Å²) in [7, 11) is 0. The molecule has 1 aliphatic heterocycles. The van der Waals surface area contributed by atoms with Crippen molar-refractivity contribution in [2.45, 2.75) is 37.8 Å². The summed E-state index contributed by atoms with van der Waals surface area (Å²) in [6.07, 6.45) is -8.03. The van der Waals surface area contributed by atoms with Crippen LogP contribution in [0.3, 0.4) is 0 Å². The second kappa shape index (κ2) is 8.97. The average molecular weight is 551 g/mol. The first-order valence-electron chi connectivity index (χ1n) is 11.3. The first-order valence-corrected chi connectivity index (χ1v) is 12.0. The zero-order valence-electron chi connectivity index (χ0n) is 19.9. The van der Waals surface area contributed by atoms with Gasteiger partial charge in [0.2, 0.25) is 0 Å². The van der Waals surface area contributed by atoms with Crippen LogP contribution in [0, 0.1) is 0 Å². The maximum Gasteiger partial charge on any atom is 0.418 e. The molecule has 3 aromatic heterocycles. The summed E-state index contributed by atoms with van der Waals surface area (Å²) in [6.45, 7) is 2.14. The Bertz CT molecular complexity index is 1630. The Labute approximate surface area is 215 Å². The van der Waals surface area contributed by atoms with Gasteiger partial charge in [-0.1, -0.05) is 0 Å². The predicted molar refractivity (Wildman–Crippen MR) is 131 cm³/mol. The van der Waals surface area contributed by atoms with Crippen LogP contribution < -0.4 is 16.2 Å². The number of carbonyl (C=O) groups is 1. The molecule has 15 heteroatoms. The van der Waals surface area contributed by atoms with Crippen molar-refractivity contribution in [2.75, 3.05) is 23.8 Å². The molecule has 4 heterocycles. The van der Waals surface area contributed by atoms with E-state index in [1.807, 2.05) is 0 Å². The Hall–Kier alpha value is -3.66. The van der Waals surface area contributed by atoms with E-state index in [0.29, 0.717) is 10.1 Å². The summed E-state index contributed by atoms with van der Waals surface area (Å²) in [5.74, 6) is -0.949. The van der Waals surface area contributed by atoms with Crippen LogP contribution >= 0.6 is 11.5 Å². The van der Waals surface area contributed by atoms with Crippen LogP contribution in [0.25, 0.3) is 21.0 Å². The standard InChI is InChI=1S/C23H21F3N6O5S/c1-22(2,36)17-10(23(24,25)26)4-6-12(29-17)32-7-8-37-15(21(32)35)14(33)19-28-11-5-3-9-16(38-31-18(9)27)13(11)20(34)30-19/h3-6,14-15,33,36H,7-8H2,1-2H3,(H2,27,31)(H,28,30,34)/t14-,15?/m1/s1. The van der Waals surface area contributed by atoms with E-state index in [0.717, 1.165) is 42.4 Å². The quantitative estimate of drug-likeness (QED) is 0.298. The van der Waals surface area contributed by atoms with Crippen molar-refractivity contribution >= 4 is 50.1 Å². The van der Waals surface area contributed by atoms with E-state index in [4.69, 9.17) is 10.5 Å². The van der Waals surface area contributed by atoms with E-state index < -0.39 is 46.7 Å². The van der Waals surface area contributed by atoms with E-state index >= 15 is 0 Å². The summed E-state index contributed by atoms with van der Waals surface area (Å²) in [6, 6.07) is 4.92. The second-order valence-electron chi connectivity index (χ2n) is 9.20. The monoisotopic (exact) mass is 550 g/mol. The minimum Gasteiger partial charge on any atom is -0.384 e. The number of anilines is 2. The number of aliphatic hydroxyl groups is 2. The number of morpholine rings is 1. The van der Waals surface area contributed by atoms with Crippen LogP contribution in [0.1, 0.15) is 37.0 Å². The molecule has 1 aromatic carbocycles. The highest BCUT2D eigenvalue weighted by atomic mass is 32.1. The molecule has 2 atom stereocenters. The van der Waals surface area contributed by atoms with Gasteiger partial charge in [-0.2, -0.15) is 17.5 Å². The summed E-state index contributed by atoms with van der Waals surface area (Å²) >= 11 is 1.03. The second-order valence-corrected chi connectivity index (χ2v) is 9.98. The third-order valence-corrected chi connectivity index (χ3v) is 6.98. The fourth-order valence-electron chi connectivity index (χ4n) is 4.30. The molecule has 1 unspecified atom stereocenters. The van der Waals surface area contributed by atoms with Crippen LogP contribution in [0.4, 0.5) is 24.8 Å². The molecular formula is C23H21F3N6O5S. The fraction of sp³-hybridized carbons (Fsp3) is 0.348. The smallest absolute Gasteiger partial charge is 0.384 e. The summed E-state index contributed by atoms with van der Waals surface area (Å²) in [5.41, 5.74) is 1.72. The molecule has 4 aromatic rings. The van der Waals surface area contributed by atoms with Crippen molar-refractivity contribution in [3.8, 4) is 0 Å². The number of alkyl halides is 3. The van der Waals surface area contributed by atoms with Crippen LogP contribution in [-0.2, 0) is 21.3 Å². The molecule has 5 N–H and O–H groups in total. The third kappa shape index (κ3) is 4.36. The van der Waals surface area contributed by atoms with E-state index in [2.05, 4.69) is 19.3 Å². The molecule has 1 aliphatic rings. The molecule has 1 amide bonds. The molecule has 0 saturated carbocycles. The van der Waals surface area contributed by atoms with Gasteiger partial charge < -0.3 is 25.7 Å². The number of hydrogen-bond donors (Lipinski definition) is 4. The number of nitrogens with zero attached hydrogens (tertiary/aromatic N) is 4. The number of carbonyl (C=O) groups excluding carboxylic acids is 1. The number of aromatic amines is 1. The van der Waals surface area contributed by atoms with Gasteiger partial charge in [-0.25, -0.2) is 9.97 Å². The van der Waals surface area contributed by atoms with Crippen LogP contribution in [0.2, 0.25) is 0 Å². The van der Waals surface area contributed by atoms with Crippen molar-refractivity contribution in [3.05, 3.63) is 51.7 Å². The first-order chi connectivity index (χ1) is 17.8. The lowest BCUT2D eigenvalue weighted by Crippen LogP contribution is -2.51. The van der Waals surface area contributed by atoms with E-state index in [-0.39, 0.29) is 41.5 Å². The van der Waals surface area contributed by atoms with Gasteiger partial charge in [0, 0.05) is 5.39 Å². The highest BCUT2D eigenvalue weighted by Crippen LogP contribution is 2.37. The Morgan fingerprint density at radius 3 is 2.63 bits per heavy atom. The topological polar surface area (TPSA) is 168 Å². The molecule has 0 spiro atoms. The largest absolute Gasteiger partial charge is 0.418 e. The normalized spacial score (nSPS) is 17.9. The molecule has 0 bridgehead atoms. The predicted octanol–water partition coefficient (Wildman–Crippen LogP) is 2.22. The van der Waals surface area contributed by atoms with Crippen molar-refractivity contribution in [3.63, 3.8) is 0 Å². The zero-order valence-corrected chi connectivity index (χ0v) is 20.7. The number of aliphatic hydroxyl groups excluding tert-OH is 1. The zero-order chi connectivity index (χ0) is 27.6. The number of hydrogen-bond acceptors (Lipinski definition) is 10. The van der Waals surface area contributed by atoms with Gasteiger partial charge in [0.25, 0.3) is 11.5 Å². The number of benzene rings is 1. The summed E-state index contributed by atoms with van der Waals surface area (Å²) in [5, 5.41) is 22.1. The van der Waals surface area contributed by atoms with Gasteiger partial charge in [0.05, 0.1) is 40.0 Å². The lowest BCUT2D eigenvalue weighted by Gasteiger charge is -2.34. The fourth-order valence-corrected chi connectivity index (χ4v) is 5.15. The molecule has 11 nitrogen and oxygen atoms in total. The maximum atomic E-state index is 13.5. The van der Waals surface area contributed by atoms with E-state index in [1.165, 1.54) is 6.07 Å². The summed E-state index contributed by atoms with van der Waals surface area (Å²) < 4.78 is 50.5. The highest BCUT2D eigenvalue weighted by molar-refractivity contribution is 7.14. The SMILES string of the molecule is CC(C)(O)c1nc(N2CCOC([C@@H](O)c3nc4ccc5c(N)nsc5c4c(=O)[nH]3)C2=O)ccc1C(F)(F)F. The van der Waals surface area contributed by atoms with E-state index in [9.17, 15) is 33.0 Å². The van der Waals surface area contributed by atoms with Crippen LogP contribution in [0.15, 0.2) is 29.1 Å². The summed E-state index contributed by atoms with van der Waals surface area (Å²) in [4.78, 5) is 37.9. The molecule has 0 radical (unpaired) electrons. The number of ether oxygens (including phenoxy) is 1. The number of nitrogens with one attached hydrogen (secondary N) is 1. The minimum atomic E-state index is -4.78. The number of aromatic nitrogens is 4. The number of pyridine rings is 1. The maximum absolute atomic E-state index is 13.5. The highest BCUT2D eigenvalue weighted by Gasteiger charge is 2.41. The Morgan fingerprint density at radius 2 is 1.95 bits per heavy atom. The first kappa shape index (κ1) is 26.0. The average Bonchev–Trinajstić information content (AvgIpc) is 3.22.